The van der Waals surface area contributed by atoms with E-state index in [1.807, 2.05) is 0 Å². The average molecular weight is 411 g/mol. The molecule has 0 heterocycles. The number of rotatable bonds is 16. The van der Waals surface area contributed by atoms with Crippen molar-refractivity contribution in [1.29, 1.82) is 0 Å². The minimum absolute atomic E-state index is 0. The standard InChI is InChI=1S/C19H36N2O6.Na/c1-4-5-6-7-8-17(23)20-9-10-21(11-12-22,13-15(2)18(24)25)14-16(3)19(26)27;/h15-16,22H,4-14H2,1-3H3,(H2-,20,23,24,25,26,27);/q;+1. The molecule has 0 aliphatic carbocycles. The molecule has 3 N–H and O–H groups in total. The first-order valence-electron chi connectivity index (χ1n) is 9.83. The van der Waals surface area contributed by atoms with E-state index in [4.69, 9.17) is 0 Å². The van der Waals surface area contributed by atoms with Crippen molar-refractivity contribution in [3.63, 3.8) is 0 Å². The van der Waals surface area contributed by atoms with Gasteiger partial charge in [-0.2, -0.15) is 0 Å². The van der Waals surface area contributed by atoms with Crippen LogP contribution in [0, 0.1) is 11.8 Å². The van der Waals surface area contributed by atoms with Gasteiger partial charge in [-0.1, -0.05) is 33.1 Å². The molecule has 0 saturated carbocycles. The minimum Gasteiger partial charge on any atom is -0.550 e. The number of aliphatic carboxylic acids is 2. The van der Waals surface area contributed by atoms with Crippen molar-refractivity contribution >= 4 is 17.8 Å². The van der Waals surface area contributed by atoms with Gasteiger partial charge in [-0.05, 0) is 13.3 Å². The molecule has 9 heteroatoms. The Morgan fingerprint density at radius 3 is 2.14 bits per heavy atom. The topological polar surface area (TPSA) is 127 Å². The number of hydrogen-bond acceptors (Lipinski definition) is 5. The van der Waals surface area contributed by atoms with Crippen LogP contribution < -0.4 is 40.0 Å². The molecule has 0 fully saturated rings. The quantitative estimate of drug-likeness (QED) is 0.141. The molecule has 0 aliphatic heterocycles. The van der Waals surface area contributed by atoms with E-state index < -0.39 is 23.8 Å². The number of amides is 1. The summed E-state index contributed by atoms with van der Waals surface area (Å²) in [5.41, 5.74) is 0. The fourth-order valence-corrected chi connectivity index (χ4v) is 3.31. The molecule has 3 unspecified atom stereocenters. The molecule has 0 aromatic heterocycles. The van der Waals surface area contributed by atoms with Gasteiger partial charge in [0, 0.05) is 18.3 Å². The largest absolute Gasteiger partial charge is 1.00 e. The number of carboxylic acids is 2. The van der Waals surface area contributed by atoms with Crippen LogP contribution in [0.4, 0.5) is 0 Å². The van der Waals surface area contributed by atoms with E-state index >= 15 is 0 Å². The zero-order valence-corrected chi connectivity index (χ0v) is 19.9. The summed E-state index contributed by atoms with van der Waals surface area (Å²) in [4.78, 5) is 34.4. The van der Waals surface area contributed by atoms with Gasteiger partial charge in [-0.3, -0.25) is 9.59 Å². The van der Waals surface area contributed by atoms with Crippen LogP contribution in [0.2, 0.25) is 0 Å². The number of aliphatic hydroxyl groups excluding tert-OH is 1. The fraction of sp³-hybridized carbons (Fsp3) is 0.842. The molecule has 0 spiro atoms. The second-order valence-electron chi connectivity index (χ2n) is 7.50. The predicted molar refractivity (Wildman–Crippen MR) is 99.6 cm³/mol. The monoisotopic (exact) mass is 411 g/mol. The first-order chi connectivity index (χ1) is 12.7. The van der Waals surface area contributed by atoms with Crippen molar-refractivity contribution in [2.45, 2.75) is 52.9 Å². The van der Waals surface area contributed by atoms with Gasteiger partial charge in [0.05, 0.1) is 32.8 Å². The van der Waals surface area contributed by atoms with Gasteiger partial charge in [-0.15, -0.1) is 0 Å². The molecule has 0 aromatic rings. The number of quaternary nitrogens is 1. The fourth-order valence-electron chi connectivity index (χ4n) is 3.31. The Morgan fingerprint density at radius 1 is 1.04 bits per heavy atom. The molecular formula is C19H36N2NaO6+. The molecule has 0 saturated heterocycles. The van der Waals surface area contributed by atoms with Gasteiger partial charge in [0.1, 0.15) is 12.5 Å². The van der Waals surface area contributed by atoms with Crippen molar-refractivity contribution in [3.8, 4) is 0 Å². The molecule has 0 rings (SSSR count). The Kier molecular flexibility index (Phi) is 17.0. The molecule has 28 heavy (non-hydrogen) atoms. The van der Waals surface area contributed by atoms with Gasteiger partial charge >= 0.3 is 35.5 Å². The van der Waals surface area contributed by atoms with E-state index in [9.17, 15) is 29.7 Å². The van der Waals surface area contributed by atoms with Crippen LogP contribution in [0.3, 0.4) is 0 Å². The summed E-state index contributed by atoms with van der Waals surface area (Å²) in [6, 6.07) is 0. The molecule has 0 aromatic carbocycles. The van der Waals surface area contributed by atoms with Crippen LogP contribution in [0.5, 0.6) is 0 Å². The molecule has 0 bridgehead atoms. The Bertz CT molecular complexity index is 453. The predicted octanol–water partition coefficient (Wildman–Crippen LogP) is -3.01. The third-order valence-corrected chi connectivity index (χ3v) is 4.89. The van der Waals surface area contributed by atoms with Crippen LogP contribution in [0.25, 0.3) is 0 Å². The average Bonchev–Trinajstić information content (AvgIpc) is 2.58. The number of unbranched alkanes of at least 4 members (excludes halogenated alkanes) is 3. The number of carbonyl (C=O) groups excluding carboxylic acids is 2. The number of nitrogens with one attached hydrogen (secondary N) is 1. The molecule has 8 nitrogen and oxygen atoms in total. The third kappa shape index (κ3) is 12.7. The van der Waals surface area contributed by atoms with Crippen LogP contribution >= 0.6 is 0 Å². The van der Waals surface area contributed by atoms with Crippen molar-refractivity contribution in [3.05, 3.63) is 0 Å². The van der Waals surface area contributed by atoms with Gasteiger partial charge in [0.2, 0.25) is 5.91 Å². The summed E-state index contributed by atoms with van der Waals surface area (Å²) in [5.74, 6) is -3.74. The summed E-state index contributed by atoms with van der Waals surface area (Å²) < 4.78 is 0.106. The first-order valence-corrected chi connectivity index (χ1v) is 9.83. The van der Waals surface area contributed by atoms with E-state index in [1.165, 1.54) is 6.92 Å². The van der Waals surface area contributed by atoms with E-state index in [-0.39, 0.29) is 66.2 Å². The van der Waals surface area contributed by atoms with Gasteiger partial charge in [0.15, 0.2) is 0 Å². The Morgan fingerprint density at radius 2 is 1.64 bits per heavy atom. The summed E-state index contributed by atoms with van der Waals surface area (Å²) >= 11 is 0. The molecule has 3 atom stereocenters. The number of aliphatic hydroxyl groups is 1. The number of carboxylic acid groups (broad SMARTS) is 2. The SMILES string of the molecule is CCCCCCC(=O)NCC[N+](CCO)(CC(C)C(=O)[O-])CC(C)C(=O)O.[Na+]. The number of carbonyl (C=O) groups is 3. The Balaban J connectivity index is 0. The molecule has 0 aliphatic rings. The summed E-state index contributed by atoms with van der Waals surface area (Å²) in [7, 11) is 0. The van der Waals surface area contributed by atoms with Gasteiger partial charge in [-0.25, -0.2) is 0 Å². The zero-order valence-electron chi connectivity index (χ0n) is 17.9. The van der Waals surface area contributed by atoms with Crippen molar-refractivity contribution in [2.24, 2.45) is 11.8 Å². The molecular weight excluding hydrogens is 375 g/mol. The van der Waals surface area contributed by atoms with Crippen LogP contribution in [0.1, 0.15) is 52.9 Å². The maximum atomic E-state index is 11.9. The van der Waals surface area contributed by atoms with Crippen molar-refractivity contribution in [2.75, 3.05) is 39.3 Å². The van der Waals surface area contributed by atoms with Crippen LogP contribution in [-0.4, -0.2) is 71.9 Å². The van der Waals surface area contributed by atoms with E-state index in [2.05, 4.69) is 12.2 Å². The van der Waals surface area contributed by atoms with E-state index in [0.29, 0.717) is 19.5 Å². The first kappa shape index (κ1) is 29.5. The normalized spacial score (nSPS) is 15.0. The second-order valence-corrected chi connectivity index (χ2v) is 7.50. The Hall–Kier alpha value is -0.670. The smallest absolute Gasteiger partial charge is 0.550 e. The molecule has 0 radical (unpaired) electrons. The van der Waals surface area contributed by atoms with E-state index in [1.54, 1.807) is 6.92 Å². The van der Waals surface area contributed by atoms with Gasteiger partial charge < -0.3 is 29.9 Å². The maximum Gasteiger partial charge on any atom is 1.00 e. The minimum atomic E-state index is -1.21. The van der Waals surface area contributed by atoms with E-state index in [0.717, 1.165) is 25.7 Å². The van der Waals surface area contributed by atoms with Crippen molar-refractivity contribution < 1.29 is 63.7 Å². The summed E-state index contributed by atoms with van der Waals surface area (Å²) in [6.45, 7) is 6.19. The Labute approximate surface area is 190 Å². The zero-order chi connectivity index (χ0) is 20.9. The number of nitrogens with zero attached hydrogens (tertiary/aromatic N) is 1. The summed E-state index contributed by atoms with van der Waals surface area (Å²) in [6.07, 6.45) is 4.47. The van der Waals surface area contributed by atoms with Gasteiger partial charge in [0.25, 0.3) is 0 Å². The molecule has 1 amide bonds. The van der Waals surface area contributed by atoms with Crippen LogP contribution in [0.15, 0.2) is 0 Å². The number of hydrogen-bond donors (Lipinski definition) is 3. The van der Waals surface area contributed by atoms with Crippen LogP contribution in [-0.2, 0) is 14.4 Å². The second kappa shape index (κ2) is 16.2. The summed E-state index contributed by atoms with van der Waals surface area (Å²) in [5, 5.41) is 32.7. The van der Waals surface area contributed by atoms with Crippen molar-refractivity contribution in [1.82, 2.24) is 5.32 Å². The third-order valence-electron chi connectivity index (χ3n) is 4.89. The maximum absolute atomic E-state index is 11.9. The molecule has 158 valence electrons.